The fraction of sp³-hybridized carbons (Fsp3) is 0.947. The summed E-state index contributed by atoms with van der Waals surface area (Å²) in [4.78, 5) is 13.1. The van der Waals surface area contributed by atoms with Crippen molar-refractivity contribution in [2.24, 2.45) is 17.8 Å². The minimum Gasteiger partial charge on any atom is -0.388 e. The van der Waals surface area contributed by atoms with Crippen LogP contribution in [0.2, 0.25) is 0 Å². The fourth-order valence-electron chi connectivity index (χ4n) is 4.98. The molecular weight excluding hydrogens is 420 g/mol. The van der Waals surface area contributed by atoms with E-state index in [4.69, 9.17) is 21.1 Å². The Labute approximate surface area is 180 Å². The Bertz CT molecular complexity index is 613. The van der Waals surface area contributed by atoms with Crippen molar-refractivity contribution in [1.29, 1.82) is 0 Å². The Kier molecular flexibility index (Phi) is 6.69. The predicted octanol–water partition coefficient (Wildman–Crippen LogP) is -0.718. The van der Waals surface area contributed by atoms with Crippen LogP contribution in [-0.4, -0.2) is 94.1 Å². The molecule has 4 rings (SSSR count). The predicted molar refractivity (Wildman–Crippen MR) is 109 cm³/mol. The molecule has 29 heavy (non-hydrogen) atoms. The van der Waals surface area contributed by atoms with Gasteiger partial charge in [0.15, 0.2) is 0 Å². The van der Waals surface area contributed by atoms with E-state index in [9.17, 15) is 20.1 Å². The first-order chi connectivity index (χ1) is 13.8. The second kappa shape index (κ2) is 8.78. The molecule has 0 aromatic carbocycles. The molecule has 0 aromatic heterocycles. The number of alkyl halides is 1. The van der Waals surface area contributed by atoms with Crippen LogP contribution in [0.25, 0.3) is 0 Å². The van der Waals surface area contributed by atoms with Crippen molar-refractivity contribution in [2.75, 3.05) is 19.4 Å². The smallest absolute Gasteiger partial charge is 0.240 e. The highest BCUT2D eigenvalue weighted by atomic mass is 35.5. The lowest BCUT2D eigenvalue weighted by Gasteiger charge is -2.44. The maximum atomic E-state index is 13.1. The average Bonchev–Trinajstić information content (AvgIpc) is 3.35. The van der Waals surface area contributed by atoms with E-state index < -0.39 is 47.3 Å². The molecule has 3 heterocycles. The van der Waals surface area contributed by atoms with Gasteiger partial charge < -0.3 is 35.4 Å². The van der Waals surface area contributed by atoms with Crippen LogP contribution < -0.4 is 10.6 Å². The number of carbonyl (C=O) groups is 1. The molecule has 10 heteroatoms. The molecule has 3 aliphatic heterocycles. The number of hydrogen-bond acceptors (Lipinski definition) is 8. The molecule has 1 amide bonds. The maximum Gasteiger partial charge on any atom is 0.240 e. The van der Waals surface area contributed by atoms with E-state index in [1.54, 1.807) is 13.2 Å². The number of halogens is 1. The van der Waals surface area contributed by atoms with Crippen LogP contribution in [0.4, 0.5) is 0 Å². The lowest BCUT2D eigenvalue weighted by Crippen LogP contribution is -2.65. The van der Waals surface area contributed by atoms with Gasteiger partial charge in [0.1, 0.15) is 35.9 Å². The number of rotatable bonds is 5. The summed E-state index contributed by atoms with van der Waals surface area (Å²) < 4.78 is 11.9. The molecule has 12 atom stereocenters. The molecule has 8 nitrogen and oxygen atoms in total. The molecule has 166 valence electrons. The van der Waals surface area contributed by atoms with Crippen molar-refractivity contribution >= 4 is 29.3 Å². The highest BCUT2D eigenvalue weighted by molar-refractivity contribution is 7.99. The first-order valence-corrected chi connectivity index (χ1v) is 12.1. The van der Waals surface area contributed by atoms with Crippen LogP contribution in [0.3, 0.4) is 0 Å². The van der Waals surface area contributed by atoms with Crippen molar-refractivity contribution in [3.8, 4) is 0 Å². The number of aliphatic hydroxyl groups is 3. The van der Waals surface area contributed by atoms with Crippen LogP contribution in [0, 0.1) is 17.8 Å². The summed E-state index contributed by atoms with van der Waals surface area (Å²) in [7, 11) is 0. The molecule has 4 aliphatic rings. The van der Waals surface area contributed by atoms with Gasteiger partial charge in [-0.05, 0) is 43.8 Å². The van der Waals surface area contributed by atoms with Crippen LogP contribution in [0.15, 0.2) is 0 Å². The van der Waals surface area contributed by atoms with E-state index in [1.165, 1.54) is 18.2 Å². The van der Waals surface area contributed by atoms with E-state index in [-0.39, 0.29) is 12.0 Å². The topological polar surface area (TPSA) is 120 Å². The highest BCUT2D eigenvalue weighted by Gasteiger charge is 2.51. The van der Waals surface area contributed by atoms with Crippen LogP contribution >= 0.6 is 23.4 Å². The molecular formula is C19H31ClN2O6S. The molecule has 0 aromatic rings. The van der Waals surface area contributed by atoms with Crippen molar-refractivity contribution in [3.05, 3.63) is 0 Å². The zero-order chi connectivity index (χ0) is 20.9. The zero-order valence-corrected chi connectivity index (χ0v) is 18.2. The van der Waals surface area contributed by atoms with Gasteiger partial charge in [0.2, 0.25) is 5.91 Å². The lowest BCUT2D eigenvalue weighted by atomic mass is 9.92. The summed E-state index contributed by atoms with van der Waals surface area (Å²) >= 11 is 7.57. The van der Waals surface area contributed by atoms with E-state index in [2.05, 4.69) is 10.6 Å². The van der Waals surface area contributed by atoms with Crippen LogP contribution in [-0.2, 0) is 14.3 Å². The average molecular weight is 451 g/mol. The van der Waals surface area contributed by atoms with Crippen LogP contribution in [0.5, 0.6) is 0 Å². The van der Waals surface area contributed by atoms with Gasteiger partial charge in [-0.1, -0.05) is 0 Å². The van der Waals surface area contributed by atoms with Gasteiger partial charge in [-0.3, -0.25) is 4.79 Å². The normalized spacial score (nSPS) is 48.8. The van der Waals surface area contributed by atoms with Crippen molar-refractivity contribution < 1.29 is 29.6 Å². The molecule has 5 N–H and O–H groups in total. The number of fused-ring (bicyclic) bond motifs is 2. The van der Waals surface area contributed by atoms with Gasteiger partial charge in [0, 0.05) is 6.54 Å². The maximum absolute atomic E-state index is 13.1. The lowest BCUT2D eigenvalue weighted by molar-refractivity contribution is -0.205. The molecule has 0 radical (unpaired) electrons. The summed E-state index contributed by atoms with van der Waals surface area (Å²) in [5, 5.41) is 36.4. The Morgan fingerprint density at radius 2 is 1.90 bits per heavy atom. The Morgan fingerprint density at radius 3 is 2.59 bits per heavy atom. The summed E-state index contributed by atoms with van der Waals surface area (Å²) in [6.07, 6.45) is -1.03. The van der Waals surface area contributed by atoms with Gasteiger partial charge in [0.25, 0.3) is 0 Å². The monoisotopic (exact) mass is 450 g/mol. The van der Waals surface area contributed by atoms with Crippen molar-refractivity contribution in [2.45, 2.75) is 73.2 Å². The molecule has 4 fully saturated rings. The third-order valence-corrected chi connectivity index (χ3v) is 7.98. The molecule has 0 bridgehead atoms. The molecule has 1 saturated carbocycles. The summed E-state index contributed by atoms with van der Waals surface area (Å²) in [6.45, 7) is 3.15. The van der Waals surface area contributed by atoms with Gasteiger partial charge in [-0.2, -0.15) is 0 Å². The number of amides is 1. The minimum absolute atomic E-state index is 0.169. The first-order valence-electron chi connectivity index (χ1n) is 10.3. The minimum atomic E-state index is -1.38. The number of hydrogen-bond donors (Lipinski definition) is 5. The third kappa shape index (κ3) is 4.30. The largest absolute Gasteiger partial charge is 0.388 e. The van der Waals surface area contributed by atoms with E-state index in [0.717, 1.165) is 18.9 Å². The molecule has 5 unspecified atom stereocenters. The number of nitrogens with one attached hydrogen (secondary N) is 2. The number of aliphatic hydroxyl groups excluding tert-OH is 3. The molecule has 0 spiro atoms. The third-order valence-electron chi connectivity index (χ3n) is 6.85. The Hall–Kier alpha value is -0.130. The summed E-state index contributed by atoms with van der Waals surface area (Å²) in [5.41, 5.74) is -0.723. The van der Waals surface area contributed by atoms with Gasteiger partial charge >= 0.3 is 0 Å². The first kappa shape index (κ1) is 22.1. The molecule has 3 saturated heterocycles. The second-order valence-corrected chi connectivity index (χ2v) is 10.4. The summed E-state index contributed by atoms with van der Waals surface area (Å²) in [6, 6.07) is -1.22. The number of carbonyl (C=O) groups excluding carboxylic acids is 1. The zero-order valence-electron chi connectivity index (χ0n) is 16.6. The Morgan fingerprint density at radius 1 is 1.17 bits per heavy atom. The standard InChI is InChI=1S/C19H31ClN2O6S/c1-7(20)11(17-14(24)13(23)15(25)19(28-17)29-2)22-18(26)12-16-9(5-21-12)3-8-4-10(8)6-27-16/h7-17,19,21,23-25H,3-6H2,1-2H3,(H,22,26)/t7-,8-,9+,10-,11+,12-,13?,14?,15?,16+,17?,19?/m0/s1. The second-order valence-electron chi connectivity index (χ2n) is 8.82. The van der Waals surface area contributed by atoms with E-state index in [0.29, 0.717) is 18.4 Å². The number of thioether (sulfide) groups is 1. The van der Waals surface area contributed by atoms with Crippen molar-refractivity contribution in [3.63, 3.8) is 0 Å². The van der Waals surface area contributed by atoms with Gasteiger partial charge in [-0.25, -0.2) is 0 Å². The fourth-order valence-corrected chi connectivity index (χ4v) is 5.86. The van der Waals surface area contributed by atoms with Crippen molar-refractivity contribution in [1.82, 2.24) is 10.6 Å². The van der Waals surface area contributed by atoms with E-state index >= 15 is 0 Å². The number of ether oxygens (including phenoxy) is 2. The highest BCUT2D eigenvalue weighted by Crippen LogP contribution is 2.48. The van der Waals surface area contributed by atoms with Gasteiger partial charge in [0.05, 0.1) is 24.1 Å². The summed E-state index contributed by atoms with van der Waals surface area (Å²) in [5.74, 6) is 1.45. The van der Waals surface area contributed by atoms with Gasteiger partial charge in [-0.15, -0.1) is 23.4 Å². The quantitative estimate of drug-likeness (QED) is 0.348. The SMILES string of the molecule is CSC1OC([C@H](NC(=O)[C@H]2NC[C@H]3C[C@H]4C[C@H]4CO[C@H]32)[C@H](C)Cl)C(O)C(O)C1O. The van der Waals surface area contributed by atoms with E-state index in [1.807, 2.05) is 0 Å². The van der Waals surface area contributed by atoms with Crippen LogP contribution in [0.1, 0.15) is 19.8 Å². The molecule has 1 aliphatic carbocycles. The Balaban J connectivity index is 1.44.